The molecule has 1 unspecified atom stereocenters. The van der Waals surface area contributed by atoms with Gasteiger partial charge in [-0.25, -0.2) is 18.1 Å². The Hall–Kier alpha value is -2.67. The van der Waals surface area contributed by atoms with Crippen LogP contribution in [0.25, 0.3) is 11.1 Å². The van der Waals surface area contributed by atoms with Crippen LogP contribution in [0.1, 0.15) is 40.2 Å². The molecule has 5 atom stereocenters. The molecule has 0 aromatic heterocycles. The summed E-state index contributed by atoms with van der Waals surface area (Å²) >= 11 is 14.8. The number of amidine groups is 1. The van der Waals surface area contributed by atoms with E-state index in [2.05, 4.69) is 36.8 Å². The number of hydrogen-bond acceptors (Lipinski definition) is 7. The lowest BCUT2D eigenvalue weighted by Gasteiger charge is -2.50. The molecule has 8 nitrogen and oxygen atoms in total. The van der Waals surface area contributed by atoms with E-state index in [-0.39, 0.29) is 45.3 Å². The average molecular weight is 722 g/mol. The number of aliphatic imine (C=N–C) groups is 1. The molecular formula is C35H42Cl2F2N5O3S+. The summed E-state index contributed by atoms with van der Waals surface area (Å²) < 4.78 is 41.4. The van der Waals surface area contributed by atoms with Crippen molar-refractivity contribution >= 4 is 52.6 Å². The first-order valence-electron chi connectivity index (χ1n) is 16.1. The fraction of sp³-hybridized carbons (Fsp3) is 0.486. The van der Waals surface area contributed by atoms with Gasteiger partial charge >= 0.3 is 6.09 Å². The molecule has 4 aliphatic rings. The minimum atomic E-state index is -0.836. The second kappa shape index (κ2) is 13.2. The number of carbonyl (C=O) groups is 1. The second-order valence-corrected chi connectivity index (χ2v) is 15.9. The quantitative estimate of drug-likeness (QED) is 0.201. The predicted octanol–water partition coefficient (Wildman–Crippen LogP) is 7.46. The maximum atomic E-state index is 15.5. The molecule has 13 heteroatoms. The highest BCUT2D eigenvalue weighted by molar-refractivity contribution is 7.99. The molecule has 4 heterocycles. The minimum Gasteiger partial charge on any atom is -0.444 e. The van der Waals surface area contributed by atoms with Crippen LogP contribution in [0.15, 0.2) is 52.6 Å². The molecule has 48 heavy (non-hydrogen) atoms. The van der Waals surface area contributed by atoms with E-state index in [1.54, 1.807) is 16.7 Å². The number of benzene rings is 2. The second-order valence-electron chi connectivity index (χ2n) is 14.1. The average Bonchev–Trinajstić information content (AvgIpc) is 3.01. The normalized spacial score (nSPS) is 27.1. The van der Waals surface area contributed by atoms with Crippen molar-refractivity contribution < 1.29 is 23.0 Å². The minimum absolute atomic E-state index is 0.00502. The van der Waals surface area contributed by atoms with E-state index >= 15 is 4.39 Å². The maximum Gasteiger partial charge on any atom is 0.410 e. The number of piperazine rings is 1. The summed E-state index contributed by atoms with van der Waals surface area (Å²) in [7, 11) is 2.09. The van der Waals surface area contributed by atoms with Crippen molar-refractivity contribution in [3.8, 4) is 11.1 Å². The Morgan fingerprint density at radius 3 is 2.56 bits per heavy atom. The lowest BCUT2D eigenvalue weighted by Crippen LogP contribution is -2.64. The molecule has 2 aromatic carbocycles. The summed E-state index contributed by atoms with van der Waals surface area (Å²) in [6, 6.07) is 3.72. The monoisotopic (exact) mass is 720 g/mol. The van der Waals surface area contributed by atoms with Crippen molar-refractivity contribution in [1.29, 1.82) is 0 Å². The fourth-order valence-electron chi connectivity index (χ4n) is 6.90. The Morgan fingerprint density at radius 1 is 1.15 bits per heavy atom. The van der Waals surface area contributed by atoms with Gasteiger partial charge in [0.05, 0.1) is 53.1 Å². The maximum absolute atomic E-state index is 15.5. The Kier molecular flexibility index (Phi) is 9.69. The van der Waals surface area contributed by atoms with Gasteiger partial charge < -0.3 is 24.6 Å². The number of likely N-dealkylation sites (N-methyl/N-ethyl adjacent to an activating group) is 1. The smallest absolute Gasteiger partial charge is 0.410 e. The first kappa shape index (κ1) is 35.2. The van der Waals surface area contributed by atoms with Gasteiger partial charge in [-0.2, -0.15) is 4.99 Å². The molecule has 1 saturated heterocycles. The number of nitrogens with one attached hydrogen (secondary N) is 1. The van der Waals surface area contributed by atoms with Crippen LogP contribution in [0.4, 0.5) is 19.3 Å². The zero-order valence-corrected chi connectivity index (χ0v) is 30.4. The molecule has 0 radical (unpaired) electrons. The van der Waals surface area contributed by atoms with Crippen LogP contribution in [-0.2, 0) is 9.47 Å². The molecule has 1 amide bonds. The van der Waals surface area contributed by atoms with Gasteiger partial charge in [-0.05, 0) is 53.3 Å². The zero-order chi connectivity index (χ0) is 34.7. The number of carbonyl (C=O) groups excluding carboxylic acids is 1. The van der Waals surface area contributed by atoms with Crippen molar-refractivity contribution in [3.63, 3.8) is 0 Å². The lowest BCUT2D eigenvalue weighted by atomic mass is 9.95. The largest absolute Gasteiger partial charge is 0.444 e. The molecule has 1 N–H and O–H groups in total. The molecule has 2 aromatic rings. The SMILES string of the molecule is C=C1N=C(N2C[C@@H](C)N(C(=O)OC(C)(C)C)C[C@@H]2C)c2cc(Cl)c(-c3cc(Cl)c(F)cc3F)c3c2[N+]1(C)[C@@H](CN[C@H]1C=CCOC1)CS3. The highest BCUT2D eigenvalue weighted by Crippen LogP contribution is 2.55. The molecule has 0 bridgehead atoms. The predicted molar refractivity (Wildman–Crippen MR) is 190 cm³/mol. The van der Waals surface area contributed by atoms with Crippen LogP contribution >= 0.6 is 35.0 Å². The van der Waals surface area contributed by atoms with Gasteiger partial charge in [-0.3, -0.25) is 0 Å². The summed E-state index contributed by atoms with van der Waals surface area (Å²) in [5.74, 6) is 0.392. The Morgan fingerprint density at radius 2 is 1.88 bits per heavy atom. The van der Waals surface area contributed by atoms with E-state index in [9.17, 15) is 9.18 Å². The van der Waals surface area contributed by atoms with E-state index in [4.69, 9.17) is 37.7 Å². The third-order valence-electron chi connectivity index (χ3n) is 9.49. The number of rotatable bonds is 4. The Labute approximate surface area is 295 Å². The van der Waals surface area contributed by atoms with Gasteiger partial charge in [-0.1, -0.05) is 35.4 Å². The van der Waals surface area contributed by atoms with Crippen LogP contribution in [0, 0.1) is 11.6 Å². The number of nitrogens with zero attached hydrogens (tertiary/aromatic N) is 4. The first-order valence-corrected chi connectivity index (χ1v) is 17.9. The topological polar surface area (TPSA) is 66.4 Å². The van der Waals surface area contributed by atoms with Gasteiger partial charge in [-0.15, -0.1) is 11.8 Å². The van der Waals surface area contributed by atoms with Crippen molar-refractivity contribution in [3.05, 3.63) is 70.0 Å². The van der Waals surface area contributed by atoms with E-state index in [0.29, 0.717) is 60.8 Å². The number of amides is 1. The van der Waals surface area contributed by atoms with Crippen molar-refractivity contribution in [2.75, 3.05) is 45.6 Å². The van der Waals surface area contributed by atoms with Gasteiger partial charge in [0.2, 0.25) is 5.82 Å². The molecule has 0 saturated carbocycles. The molecule has 0 aliphatic carbocycles. The third-order valence-corrected chi connectivity index (χ3v) is 11.3. The molecular weight excluding hydrogens is 679 g/mol. The number of quaternary nitrogens is 1. The van der Waals surface area contributed by atoms with Crippen molar-refractivity contribution in [1.82, 2.24) is 19.6 Å². The molecule has 1 fully saturated rings. The van der Waals surface area contributed by atoms with Gasteiger partial charge in [0.15, 0.2) is 5.69 Å². The summed E-state index contributed by atoms with van der Waals surface area (Å²) in [5, 5.41) is 3.76. The van der Waals surface area contributed by atoms with Crippen LogP contribution in [0.2, 0.25) is 10.0 Å². The zero-order valence-electron chi connectivity index (χ0n) is 28.1. The Balaban J connectivity index is 1.45. The van der Waals surface area contributed by atoms with Crippen molar-refractivity contribution in [2.24, 2.45) is 4.99 Å². The Bertz CT molecular complexity index is 1720. The van der Waals surface area contributed by atoms with Gasteiger partial charge in [0, 0.05) is 48.4 Å². The number of thioether (sulfide) groups is 1. The van der Waals surface area contributed by atoms with Crippen LogP contribution in [0.5, 0.6) is 0 Å². The molecule has 0 spiro atoms. The summed E-state index contributed by atoms with van der Waals surface area (Å²) in [6.45, 7) is 16.9. The number of hydrogen-bond donors (Lipinski definition) is 1. The van der Waals surface area contributed by atoms with E-state index in [1.807, 2.05) is 39.8 Å². The lowest BCUT2D eigenvalue weighted by molar-refractivity contribution is 0.000428. The van der Waals surface area contributed by atoms with E-state index in [0.717, 1.165) is 22.2 Å². The van der Waals surface area contributed by atoms with Crippen molar-refractivity contribution in [2.45, 2.75) is 69.3 Å². The number of halogens is 4. The third kappa shape index (κ3) is 6.38. The molecule has 258 valence electrons. The van der Waals surface area contributed by atoms with Crippen LogP contribution in [-0.4, -0.2) is 97.1 Å². The first-order chi connectivity index (χ1) is 22.6. The standard InChI is InChI=1S/C35H42Cl2F2N5O3S/c1-19-16-43(34(45)47-35(4,5)6)20(2)15-42(19)33-25-12-27(37)30(24-11-26(36)29(39)13-28(24)38)32-31(25)44(7,21(3)41-33)23(18-48-32)14-40-22-9-8-10-46-17-22/h8-9,11-13,19-20,22-23,40H,3,10,14-18H2,1-2,4-7H3/q+1/t19-,20+,22-,23-,44?/m0/s1. The molecule has 4 aliphatic heterocycles. The van der Waals surface area contributed by atoms with Crippen LogP contribution in [0.3, 0.4) is 0 Å². The molecule has 6 rings (SSSR count). The highest BCUT2D eigenvalue weighted by atomic mass is 35.5. The van der Waals surface area contributed by atoms with E-state index < -0.39 is 17.2 Å². The summed E-state index contributed by atoms with van der Waals surface area (Å²) in [5.41, 5.74) is 1.69. The highest BCUT2D eigenvalue weighted by Gasteiger charge is 2.51. The number of ether oxygens (including phenoxy) is 2. The fourth-order valence-corrected chi connectivity index (χ4v) is 9.00. The van der Waals surface area contributed by atoms with Gasteiger partial charge in [0.1, 0.15) is 29.1 Å². The van der Waals surface area contributed by atoms with Crippen LogP contribution < -0.4 is 9.80 Å². The summed E-state index contributed by atoms with van der Waals surface area (Å²) in [6.07, 6.45) is 3.78. The summed E-state index contributed by atoms with van der Waals surface area (Å²) in [4.78, 5) is 23.0. The van der Waals surface area contributed by atoms with Gasteiger partial charge in [0.25, 0.3) is 0 Å². The van der Waals surface area contributed by atoms with E-state index in [1.165, 1.54) is 6.07 Å².